The second-order valence-corrected chi connectivity index (χ2v) is 12.2. The number of imidazole rings is 1. The quantitative estimate of drug-likeness (QED) is 0.313. The van der Waals surface area contributed by atoms with Gasteiger partial charge in [0.2, 0.25) is 0 Å². The van der Waals surface area contributed by atoms with Gasteiger partial charge in [0, 0.05) is 54.9 Å². The molecular formula is C29H35FN6O3S. The van der Waals surface area contributed by atoms with Crippen LogP contribution in [0.5, 0.6) is 0 Å². The van der Waals surface area contributed by atoms with E-state index in [0.717, 1.165) is 29.2 Å². The molecule has 9 nitrogen and oxygen atoms in total. The monoisotopic (exact) mass is 566 g/mol. The van der Waals surface area contributed by atoms with Gasteiger partial charge in [-0.15, -0.1) is 11.3 Å². The molecule has 3 aromatic heterocycles. The minimum atomic E-state index is -0.603. The van der Waals surface area contributed by atoms with E-state index in [1.54, 1.807) is 36.8 Å². The van der Waals surface area contributed by atoms with Crippen LogP contribution in [0.25, 0.3) is 32.6 Å². The zero-order chi connectivity index (χ0) is 28.8. The van der Waals surface area contributed by atoms with Gasteiger partial charge >= 0.3 is 6.09 Å². The highest BCUT2D eigenvalue weighted by Crippen LogP contribution is 2.42. The number of nitrogens with two attached hydrogens (primary N) is 1. The number of hydrogen-bond acceptors (Lipinski definition) is 8. The van der Waals surface area contributed by atoms with Gasteiger partial charge in [-0.1, -0.05) is 6.07 Å². The van der Waals surface area contributed by atoms with Gasteiger partial charge in [-0.2, -0.15) is 0 Å². The number of ether oxygens (including phenoxy) is 2. The van der Waals surface area contributed by atoms with Gasteiger partial charge < -0.3 is 24.7 Å². The molecule has 1 fully saturated rings. The van der Waals surface area contributed by atoms with Crippen molar-refractivity contribution in [3.05, 3.63) is 46.7 Å². The minimum absolute atomic E-state index is 0.114. The van der Waals surface area contributed by atoms with Crippen molar-refractivity contribution in [2.45, 2.75) is 58.6 Å². The number of carbonyl (C=O) groups is 1. The number of anilines is 1. The van der Waals surface area contributed by atoms with E-state index in [-0.39, 0.29) is 23.7 Å². The van der Waals surface area contributed by atoms with Crippen LogP contribution in [0.4, 0.5) is 15.0 Å². The van der Waals surface area contributed by atoms with Crippen molar-refractivity contribution in [1.29, 1.82) is 0 Å². The fourth-order valence-electron chi connectivity index (χ4n) is 4.94. The Hall–Kier alpha value is -3.57. The number of rotatable bonds is 5. The Morgan fingerprint density at radius 3 is 2.60 bits per heavy atom. The molecule has 4 heterocycles. The van der Waals surface area contributed by atoms with Crippen molar-refractivity contribution < 1.29 is 18.7 Å². The van der Waals surface area contributed by atoms with E-state index in [9.17, 15) is 4.79 Å². The number of nitrogen functional groups attached to an aromatic ring is 1. The molecule has 40 heavy (non-hydrogen) atoms. The van der Waals surface area contributed by atoms with Gasteiger partial charge in [0.25, 0.3) is 0 Å². The van der Waals surface area contributed by atoms with Crippen molar-refractivity contribution in [3.63, 3.8) is 0 Å². The molecule has 4 aromatic rings. The number of nitrogens with zero attached hydrogens (tertiary/aromatic N) is 5. The van der Waals surface area contributed by atoms with Crippen LogP contribution < -0.4 is 5.73 Å². The molecule has 2 N–H and O–H groups in total. The predicted molar refractivity (Wildman–Crippen MR) is 155 cm³/mol. The number of pyridine rings is 1. The smallest absolute Gasteiger partial charge is 0.410 e. The number of halogens is 1. The third kappa shape index (κ3) is 5.40. The lowest BCUT2D eigenvalue weighted by Crippen LogP contribution is -2.34. The highest BCUT2D eigenvalue weighted by Gasteiger charge is 2.28. The lowest BCUT2D eigenvalue weighted by atomic mass is 9.97. The summed E-state index contributed by atoms with van der Waals surface area (Å²) < 4.78 is 29.0. The summed E-state index contributed by atoms with van der Waals surface area (Å²) in [5.74, 6) is 0.703. The van der Waals surface area contributed by atoms with Gasteiger partial charge in [-0.3, -0.25) is 0 Å². The third-order valence-corrected chi connectivity index (χ3v) is 8.45. The normalized spacial score (nSPS) is 14.6. The highest BCUT2D eigenvalue weighted by atomic mass is 32.1. The lowest BCUT2D eigenvalue weighted by molar-refractivity contribution is 0.0282. The van der Waals surface area contributed by atoms with Crippen LogP contribution in [-0.2, 0) is 23.1 Å². The third-order valence-electron chi connectivity index (χ3n) is 7.16. The Bertz CT molecular complexity index is 1570. The molecule has 1 aliphatic heterocycles. The van der Waals surface area contributed by atoms with Crippen LogP contribution in [0.1, 0.15) is 55.9 Å². The number of benzene rings is 1. The average molecular weight is 567 g/mol. The summed E-state index contributed by atoms with van der Waals surface area (Å²) >= 11 is 1.56. The molecule has 212 valence electrons. The maximum absolute atomic E-state index is 16.0. The number of hydrogen-bond donors (Lipinski definition) is 1. The molecule has 0 bridgehead atoms. The molecule has 5 rings (SSSR count). The van der Waals surface area contributed by atoms with Crippen LogP contribution in [0.2, 0.25) is 0 Å². The minimum Gasteiger partial charge on any atom is -0.444 e. The predicted octanol–water partition coefficient (Wildman–Crippen LogP) is 6.05. The fourth-order valence-corrected chi connectivity index (χ4v) is 6.21. The van der Waals surface area contributed by atoms with Crippen LogP contribution in [0.3, 0.4) is 0 Å². The Morgan fingerprint density at radius 2 is 1.95 bits per heavy atom. The SMILES string of the molecule is Cc1ncc(-c2ccc3c(-c4nc(CN(C)C(=O)OC(C)(C)C)c(C5CCOCC5)s4)cnc(N)c3c2F)n1C. The maximum Gasteiger partial charge on any atom is 0.410 e. The number of amides is 1. The van der Waals surface area contributed by atoms with Crippen LogP contribution in [0, 0.1) is 12.7 Å². The molecule has 0 atom stereocenters. The fraction of sp³-hybridized carbons (Fsp3) is 0.448. The van der Waals surface area contributed by atoms with Gasteiger partial charge in [-0.05, 0) is 52.5 Å². The number of aromatic nitrogens is 4. The van der Waals surface area contributed by atoms with Gasteiger partial charge in [0.15, 0.2) is 0 Å². The molecule has 0 radical (unpaired) electrons. The summed E-state index contributed by atoms with van der Waals surface area (Å²) in [6.07, 6.45) is 4.63. The molecule has 0 aliphatic carbocycles. The second-order valence-electron chi connectivity index (χ2n) is 11.2. The van der Waals surface area contributed by atoms with Crippen molar-refractivity contribution in [3.8, 4) is 21.8 Å². The highest BCUT2D eigenvalue weighted by molar-refractivity contribution is 7.15. The molecule has 1 aromatic carbocycles. The summed E-state index contributed by atoms with van der Waals surface area (Å²) in [4.78, 5) is 29.0. The molecule has 1 amide bonds. The van der Waals surface area contributed by atoms with E-state index < -0.39 is 17.5 Å². The molecule has 1 saturated heterocycles. The topological polar surface area (TPSA) is 108 Å². The lowest BCUT2D eigenvalue weighted by Gasteiger charge is -2.25. The van der Waals surface area contributed by atoms with Crippen molar-refractivity contribution >= 4 is 34.0 Å². The summed E-state index contributed by atoms with van der Waals surface area (Å²) in [7, 11) is 3.56. The van der Waals surface area contributed by atoms with Crippen molar-refractivity contribution in [2.24, 2.45) is 7.05 Å². The maximum atomic E-state index is 16.0. The van der Waals surface area contributed by atoms with Gasteiger partial charge in [0.1, 0.15) is 28.1 Å². The van der Waals surface area contributed by atoms with E-state index in [4.69, 9.17) is 20.2 Å². The van der Waals surface area contributed by atoms with Crippen molar-refractivity contribution in [2.75, 3.05) is 26.0 Å². The van der Waals surface area contributed by atoms with Crippen LogP contribution >= 0.6 is 11.3 Å². The first-order valence-electron chi connectivity index (χ1n) is 13.3. The summed E-state index contributed by atoms with van der Waals surface area (Å²) in [5.41, 5.74) is 8.19. The molecule has 0 spiro atoms. The van der Waals surface area contributed by atoms with E-state index in [2.05, 4.69) is 9.97 Å². The standard InChI is InChI=1S/C29H35FN6O3S/c1-16-32-14-22(36(16)6)19-8-7-18-20(13-33-26(31)23(18)24(19)30)27-34-21(15-35(5)28(37)39-29(2,3)4)25(40-27)17-9-11-38-12-10-17/h7-8,13-14,17H,9-12,15H2,1-6H3,(H2,31,33). The molecule has 11 heteroatoms. The Balaban J connectivity index is 1.59. The zero-order valence-corrected chi connectivity index (χ0v) is 24.6. The van der Waals surface area contributed by atoms with Gasteiger partial charge in [-0.25, -0.2) is 24.1 Å². The number of thiazole rings is 1. The summed E-state index contributed by atoms with van der Waals surface area (Å²) in [5, 5.41) is 1.59. The Morgan fingerprint density at radius 1 is 1.23 bits per heavy atom. The first-order valence-corrected chi connectivity index (χ1v) is 14.1. The summed E-state index contributed by atoms with van der Waals surface area (Å²) in [6.45, 7) is 9.02. The van der Waals surface area contributed by atoms with E-state index in [1.165, 1.54) is 4.90 Å². The molecule has 0 unspecified atom stereocenters. The number of fused-ring (bicyclic) bond motifs is 1. The first kappa shape index (κ1) is 28.0. The average Bonchev–Trinajstić information content (AvgIpc) is 3.47. The van der Waals surface area contributed by atoms with E-state index >= 15 is 4.39 Å². The van der Waals surface area contributed by atoms with Crippen molar-refractivity contribution in [1.82, 2.24) is 24.4 Å². The van der Waals surface area contributed by atoms with E-state index in [1.807, 2.05) is 45.4 Å². The van der Waals surface area contributed by atoms with Gasteiger partial charge in [0.05, 0.1) is 29.5 Å². The van der Waals surface area contributed by atoms with Crippen LogP contribution in [-0.4, -0.2) is 56.4 Å². The Kier molecular flexibility index (Phi) is 7.54. The van der Waals surface area contributed by atoms with E-state index in [0.29, 0.717) is 40.4 Å². The Labute approximate surface area is 237 Å². The zero-order valence-electron chi connectivity index (χ0n) is 23.7. The second kappa shape index (κ2) is 10.8. The first-order chi connectivity index (χ1) is 18.9. The summed E-state index contributed by atoms with van der Waals surface area (Å²) in [6, 6.07) is 3.62. The largest absolute Gasteiger partial charge is 0.444 e. The number of carbonyl (C=O) groups excluding carboxylic acids is 1. The van der Waals surface area contributed by atoms with Crippen LogP contribution in [0.15, 0.2) is 24.5 Å². The molecular weight excluding hydrogens is 531 g/mol. The molecule has 0 saturated carbocycles. The number of aryl methyl sites for hydroxylation is 1. The molecule has 1 aliphatic rings.